The van der Waals surface area contributed by atoms with Crippen molar-refractivity contribution in [2.75, 3.05) is 13.1 Å². The van der Waals surface area contributed by atoms with Crippen molar-refractivity contribution in [3.63, 3.8) is 0 Å². The number of hydrogen-bond acceptors (Lipinski definition) is 3. The van der Waals surface area contributed by atoms with E-state index in [2.05, 4.69) is 15.3 Å². The molecule has 3 nitrogen and oxygen atoms in total. The van der Waals surface area contributed by atoms with Crippen LogP contribution in [0.25, 0.3) is 0 Å². The van der Waals surface area contributed by atoms with Crippen LogP contribution >= 0.6 is 0 Å². The molecule has 0 aromatic carbocycles. The van der Waals surface area contributed by atoms with E-state index in [0.717, 1.165) is 37.2 Å². The van der Waals surface area contributed by atoms with Crippen LogP contribution in [0.5, 0.6) is 0 Å². The fraction of sp³-hybridized carbons (Fsp3) is 0.667. The van der Waals surface area contributed by atoms with Crippen LogP contribution in [-0.2, 0) is 6.42 Å². The molecule has 1 aliphatic heterocycles. The zero-order chi connectivity index (χ0) is 10.1. The molecule has 1 saturated heterocycles. The monoisotopic (exact) mass is 203 g/mol. The van der Waals surface area contributed by atoms with Gasteiger partial charge in [-0.15, -0.1) is 0 Å². The molecule has 80 valence electrons. The maximum atomic E-state index is 4.46. The van der Waals surface area contributed by atoms with Crippen molar-refractivity contribution >= 4 is 0 Å². The van der Waals surface area contributed by atoms with Gasteiger partial charge in [0.15, 0.2) is 0 Å². The highest BCUT2D eigenvalue weighted by Gasteiger charge is 2.24. The maximum absolute atomic E-state index is 4.46. The maximum Gasteiger partial charge on any atom is 0.128 e. The highest BCUT2D eigenvalue weighted by atomic mass is 14.9. The standard InChI is InChI=1S/C12H17N3/c1-2-10(1)11-7-14-12(15-8-11)5-9-3-4-13-6-9/h7-10,13H,1-6H2/t9-/m0/s1. The summed E-state index contributed by atoms with van der Waals surface area (Å²) in [6, 6.07) is 0. The Kier molecular flexibility index (Phi) is 2.41. The Morgan fingerprint density at radius 2 is 2.00 bits per heavy atom. The van der Waals surface area contributed by atoms with Crippen LogP contribution in [0.4, 0.5) is 0 Å². The predicted molar refractivity (Wildman–Crippen MR) is 58.7 cm³/mol. The van der Waals surface area contributed by atoms with E-state index < -0.39 is 0 Å². The van der Waals surface area contributed by atoms with E-state index in [-0.39, 0.29) is 0 Å². The zero-order valence-electron chi connectivity index (χ0n) is 8.95. The molecule has 2 fully saturated rings. The minimum atomic E-state index is 0.747. The first-order chi connectivity index (χ1) is 7.42. The predicted octanol–water partition coefficient (Wildman–Crippen LogP) is 1.51. The Hall–Kier alpha value is -0.960. The quantitative estimate of drug-likeness (QED) is 0.809. The molecule has 0 bridgehead atoms. The Bertz CT molecular complexity index is 323. The lowest BCUT2D eigenvalue weighted by Gasteiger charge is -2.06. The van der Waals surface area contributed by atoms with Gasteiger partial charge in [0.25, 0.3) is 0 Å². The van der Waals surface area contributed by atoms with E-state index in [1.165, 1.54) is 24.8 Å². The van der Waals surface area contributed by atoms with Gasteiger partial charge in [0.1, 0.15) is 5.82 Å². The van der Waals surface area contributed by atoms with Crippen LogP contribution in [-0.4, -0.2) is 23.1 Å². The third-order valence-corrected chi connectivity index (χ3v) is 3.41. The molecule has 2 heterocycles. The first-order valence-electron chi connectivity index (χ1n) is 5.93. The minimum Gasteiger partial charge on any atom is -0.316 e. The summed E-state index contributed by atoms with van der Waals surface area (Å²) in [6.07, 6.45) is 9.03. The summed E-state index contributed by atoms with van der Waals surface area (Å²) in [6.45, 7) is 2.29. The lowest BCUT2D eigenvalue weighted by atomic mass is 10.0. The van der Waals surface area contributed by atoms with Crippen molar-refractivity contribution < 1.29 is 0 Å². The molecule has 3 heteroatoms. The van der Waals surface area contributed by atoms with Crippen LogP contribution < -0.4 is 5.32 Å². The Morgan fingerprint density at radius 1 is 1.20 bits per heavy atom. The molecule has 15 heavy (non-hydrogen) atoms. The second kappa shape index (κ2) is 3.89. The summed E-state index contributed by atoms with van der Waals surface area (Å²) >= 11 is 0. The summed E-state index contributed by atoms with van der Waals surface area (Å²) in [5, 5.41) is 3.38. The highest BCUT2D eigenvalue weighted by Crippen LogP contribution is 2.39. The Labute approximate surface area is 90.3 Å². The van der Waals surface area contributed by atoms with Crippen LogP contribution in [0, 0.1) is 5.92 Å². The first kappa shape index (κ1) is 9.28. The lowest BCUT2D eigenvalue weighted by Crippen LogP contribution is -2.12. The van der Waals surface area contributed by atoms with Gasteiger partial charge in [-0.3, -0.25) is 0 Å². The molecule has 1 saturated carbocycles. The average Bonchev–Trinajstić information content (AvgIpc) is 2.99. The van der Waals surface area contributed by atoms with E-state index in [0.29, 0.717) is 0 Å². The van der Waals surface area contributed by atoms with Crippen molar-refractivity contribution in [2.24, 2.45) is 5.92 Å². The van der Waals surface area contributed by atoms with E-state index in [9.17, 15) is 0 Å². The number of hydrogen-bond donors (Lipinski definition) is 1. The fourth-order valence-electron chi connectivity index (χ4n) is 2.24. The second-order valence-electron chi connectivity index (χ2n) is 4.77. The summed E-state index contributed by atoms with van der Waals surface area (Å²) < 4.78 is 0. The summed E-state index contributed by atoms with van der Waals surface area (Å²) in [5.41, 5.74) is 1.34. The van der Waals surface area contributed by atoms with Crippen molar-refractivity contribution in [1.29, 1.82) is 0 Å². The zero-order valence-corrected chi connectivity index (χ0v) is 8.95. The highest BCUT2D eigenvalue weighted by molar-refractivity contribution is 5.17. The number of nitrogens with one attached hydrogen (secondary N) is 1. The molecule has 1 aliphatic carbocycles. The molecule has 1 N–H and O–H groups in total. The van der Waals surface area contributed by atoms with Gasteiger partial charge in [-0.1, -0.05) is 0 Å². The van der Waals surface area contributed by atoms with Crippen molar-refractivity contribution in [1.82, 2.24) is 15.3 Å². The molecule has 1 atom stereocenters. The summed E-state index contributed by atoms with van der Waals surface area (Å²) in [5.74, 6) is 2.54. The Balaban J connectivity index is 1.64. The Morgan fingerprint density at radius 3 is 2.60 bits per heavy atom. The van der Waals surface area contributed by atoms with Gasteiger partial charge in [0, 0.05) is 18.8 Å². The minimum absolute atomic E-state index is 0.747. The van der Waals surface area contributed by atoms with Crippen molar-refractivity contribution in [3.8, 4) is 0 Å². The van der Waals surface area contributed by atoms with Gasteiger partial charge in [-0.05, 0) is 49.8 Å². The fourth-order valence-corrected chi connectivity index (χ4v) is 2.24. The van der Waals surface area contributed by atoms with Gasteiger partial charge in [-0.2, -0.15) is 0 Å². The summed E-state index contributed by atoms with van der Waals surface area (Å²) in [4.78, 5) is 8.93. The van der Waals surface area contributed by atoms with E-state index in [4.69, 9.17) is 0 Å². The van der Waals surface area contributed by atoms with Gasteiger partial charge >= 0.3 is 0 Å². The first-order valence-corrected chi connectivity index (χ1v) is 5.93. The molecule has 1 aromatic rings. The number of aromatic nitrogens is 2. The third-order valence-electron chi connectivity index (χ3n) is 3.41. The summed E-state index contributed by atoms with van der Waals surface area (Å²) in [7, 11) is 0. The van der Waals surface area contributed by atoms with Crippen LogP contribution in [0.15, 0.2) is 12.4 Å². The van der Waals surface area contributed by atoms with E-state index >= 15 is 0 Å². The smallest absolute Gasteiger partial charge is 0.128 e. The molecule has 2 aliphatic rings. The largest absolute Gasteiger partial charge is 0.316 e. The van der Waals surface area contributed by atoms with E-state index in [1.807, 2.05) is 12.4 Å². The molecule has 3 rings (SSSR count). The number of nitrogens with zero attached hydrogens (tertiary/aromatic N) is 2. The van der Waals surface area contributed by atoms with Crippen molar-refractivity contribution in [3.05, 3.63) is 23.8 Å². The van der Waals surface area contributed by atoms with Crippen molar-refractivity contribution in [2.45, 2.75) is 31.6 Å². The number of rotatable bonds is 3. The topological polar surface area (TPSA) is 37.8 Å². The lowest BCUT2D eigenvalue weighted by molar-refractivity contribution is 0.560. The molecule has 0 radical (unpaired) electrons. The molecule has 1 aromatic heterocycles. The second-order valence-corrected chi connectivity index (χ2v) is 4.77. The van der Waals surface area contributed by atoms with Gasteiger partial charge in [0.05, 0.1) is 0 Å². The van der Waals surface area contributed by atoms with Crippen LogP contribution in [0.3, 0.4) is 0 Å². The van der Waals surface area contributed by atoms with E-state index in [1.54, 1.807) is 0 Å². The molecule has 0 unspecified atom stereocenters. The van der Waals surface area contributed by atoms with Gasteiger partial charge < -0.3 is 5.32 Å². The van der Waals surface area contributed by atoms with Crippen LogP contribution in [0.1, 0.15) is 36.6 Å². The van der Waals surface area contributed by atoms with Crippen LogP contribution in [0.2, 0.25) is 0 Å². The average molecular weight is 203 g/mol. The van der Waals surface area contributed by atoms with Gasteiger partial charge in [-0.25, -0.2) is 9.97 Å². The normalized spacial score (nSPS) is 25.7. The molecular weight excluding hydrogens is 186 g/mol. The third kappa shape index (κ3) is 2.17. The molecule has 0 amide bonds. The SMILES string of the molecule is c1nc(C[C@@H]2CCNC2)ncc1C1CC1. The molecular formula is C12H17N3. The molecule has 0 spiro atoms. The van der Waals surface area contributed by atoms with Gasteiger partial charge in [0.2, 0.25) is 0 Å².